The summed E-state index contributed by atoms with van der Waals surface area (Å²) in [6, 6.07) is 11.5. The van der Waals surface area contributed by atoms with Crippen LogP contribution in [0.3, 0.4) is 0 Å². The summed E-state index contributed by atoms with van der Waals surface area (Å²) < 4.78 is 27.5. The third-order valence-corrected chi connectivity index (χ3v) is 8.48. The Balaban J connectivity index is 1.23. The summed E-state index contributed by atoms with van der Waals surface area (Å²) in [6.07, 6.45) is 6.07. The Kier molecular flexibility index (Phi) is 5.96. The van der Waals surface area contributed by atoms with Crippen LogP contribution in [-0.4, -0.2) is 38.4 Å². The van der Waals surface area contributed by atoms with Crippen LogP contribution < -0.4 is 15.2 Å². The van der Waals surface area contributed by atoms with E-state index in [1.807, 2.05) is 32.3 Å². The molecular formula is C32H33FN4O4. The van der Waals surface area contributed by atoms with Gasteiger partial charge in [0.15, 0.2) is 11.5 Å². The number of pyridine rings is 1. The number of aryl methyl sites for hydroxylation is 1. The van der Waals surface area contributed by atoms with Gasteiger partial charge in [0, 0.05) is 41.7 Å². The molecule has 0 amide bonds. The molecule has 2 fully saturated rings. The molecule has 9 heteroatoms. The van der Waals surface area contributed by atoms with Gasteiger partial charge in [0.05, 0.1) is 17.3 Å². The number of nitrogens with zero attached hydrogens (tertiary/aromatic N) is 3. The quantitative estimate of drug-likeness (QED) is 0.275. The number of aromatic nitrogens is 3. The maximum absolute atomic E-state index is 13.7. The van der Waals surface area contributed by atoms with Crippen molar-refractivity contribution in [1.82, 2.24) is 14.8 Å². The van der Waals surface area contributed by atoms with E-state index in [2.05, 4.69) is 5.10 Å². The van der Waals surface area contributed by atoms with Gasteiger partial charge in [-0.1, -0.05) is 0 Å². The highest BCUT2D eigenvalue weighted by Gasteiger charge is 2.48. The van der Waals surface area contributed by atoms with Crippen molar-refractivity contribution in [3.8, 4) is 22.8 Å². The van der Waals surface area contributed by atoms with Crippen LogP contribution in [0.4, 0.5) is 4.39 Å². The molecule has 2 aliphatic carbocycles. The highest BCUT2D eigenvalue weighted by Crippen LogP contribution is 2.51. The lowest BCUT2D eigenvalue weighted by molar-refractivity contribution is -0.00116. The van der Waals surface area contributed by atoms with Crippen molar-refractivity contribution in [2.24, 2.45) is 18.7 Å². The predicted octanol–water partition coefficient (Wildman–Crippen LogP) is 5.14. The van der Waals surface area contributed by atoms with Crippen molar-refractivity contribution < 1.29 is 23.8 Å². The molecule has 4 aromatic rings. The summed E-state index contributed by atoms with van der Waals surface area (Å²) in [7, 11) is 1.85. The number of ether oxygens (including phenoxy) is 2. The number of rotatable bonds is 9. The minimum Gasteiger partial charge on any atom is -0.489 e. The number of hydrogen-bond donors (Lipinski definition) is 2. The molecular weight excluding hydrogens is 523 g/mol. The molecule has 3 aliphatic rings. The lowest BCUT2D eigenvalue weighted by atomic mass is 9.83. The number of carbonyl (C=O) groups is 1. The fourth-order valence-electron chi connectivity index (χ4n) is 5.82. The lowest BCUT2D eigenvalue weighted by Gasteiger charge is -2.29. The molecule has 1 aliphatic heterocycles. The Morgan fingerprint density at radius 1 is 1.22 bits per heavy atom. The summed E-state index contributed by atoms with van der Waals surface area (Å²) in [5.74, 6) is 0.713. The van der Waals surface area contributed by atoms with Gasteiger partial charge in [-0.25, -0.2) is 9.37 Å². The number of hydrogen-bond acceptors (Lipinski definition) is 7. The SMILES string of the molecule is Cn1cc2cc(C(=O)CC[C@](O)(c3cc4c(c(-c5ccc(F)cc5)n3)OC[C@]4(C)N)C3CC3)cc(OC3CC3)c2n1. The van der Waals surface area contributed by atoms with Crippen LogP contribution in [0, 0.1) is 11.7 Å². The Hall–Kier alpha value is -3.82. The lowest BCUT2D eigenvalue weighted by Crippen LogP contribution is -2.35. The standard InChI is InChI=1S/C32H33FN4O4/c1-31(34)17-40-30-24(31)15-27(35-29(30)18-3-7-22(33)8-4-18)32(39,21-5-6-21)12-11-25(38)19-13-20-16-37(2)36-28(20)26(14-19)41-23-9-10-23/h3-4,7-8,13-16,21,23,39H,5-6,9-12,17,34H2,1-2H3/t31-,32+/m0/s1. The van der Waals surface area contributed by atoms with Gasteiger partial charge in [-0.05, 0) is 87.4 Å². The fourth-order valence-corrected chi connectivity index (χ4v) is 5.82. The average Bonchev–Trinajstić information content (AvgIpc) is 3.88. The van der Waals surface area contributed by atoms with Gasteiger partial charge in [-0.15, -0.1) is 0 Å². The van der Waals surface area contributed by atoms with Gasteiger partial charge in [0.1, 0.15) is 35.0 Å². The van der Waals surface area contributed by atoms with E-state index in [0.29, 0.717) is 34.0 Å². The monoisotopic (exact) mass is 556 g/mol. The highest BCUT2D eigenvalue weighted by molar-refractivity contribution is 6.01. The van der Waals surface area contributed by atoms with Crippen LogP contribution in [0.2, 0.25) is 0 Å². The number of Topliss-reactive ketones (excluding diaryl/α,β-unsaturated/α-hetero) is 1. The molecule has 212 valence electrons. The first-order valence-corrected chi connectivity index (χ1v) is 14.2. The van der Waals surface area contributed by atoms with Gasteiger partial charge in [0.25, 0.3) is 0 Å². The van der Waals surface area contributed by atoms with E-state index in [9.17, 15) is 14.3 Å². The summed E-state index contributed by atoms with van der Waals surface area (Å²) in [5.41, 5.74) is 8.17. The van der Waals surface area contributed by atoms with Crippen LogP contribution in [0.25, 0.3) is 22.2 Å². The van der Waals surface area contributed by atoms with Gasteiger partial charge in [0.2, 0.25) is 0 Å². The molecule has 41 heavy (non-hydrogen) atoms. The van der Waals surface area contributed by atoms with Crippen LogP contribution in [-0.2, 0) is 18.2 Å². The highest BCUT2D eigenvalue weighted by atomic mass is 19.1. The van der Waals surface area contributed by atoms with E-state index in [0.717, 1.165) is 42.1 Å². The van der Waals surface area contributed by atoms with E-state index in [1.54, 1.807) is 22.9 Å². The second-order valence-corrected chi connectivity index (χ2v) is 12.1. The Morgan fingerprint density at radius 2 is 1.98 bits per heavy atom. The largest absolute Gasteiger partial charge is 0.489 e. The molecule has 0 spiro atoms. The van der Waals surface area contributed by atoms with Crippen LogP contribution in [0.5, 0.6) is 11.5 Å². The number of halogens is 1. The predicted molar refractivity (Wildman–Crippen MR) is 151 cm³/mol. The zero-order valence-corrected chi connectivity index (χ0v) is 23.2. The molecule has 0 saturated heterocycles. The Labute approximate surface area is 237 Å². The molecule has 0 radical (unpaired) electrons. The van der Waals surface area contributed by atoms with Crippen LogP contribution in [0.15, 0.2) is 48.7 Å². The maximum Gasteiger partial charge on any atom is 0.163 e. The molecule has 8 nitrogen and oxygen atoms in total. The number of nitrogens with two attached hydrogens (primary N) is 1. The summed E-state index contributed by atoms with van der Waals surface area (Å²) in [6.45, 7) is 2.15. The molecule has 3 N–H and O–H groups in total. The molecule has 7 rings (SSSR count). The second kappa shape index (κ2) is 9.36. The van der Waals surface area contributed by atoms with Gasteiger partial charge in [-0.3, -0.25) is 9.48 Å². The number of benzene rings is 2. The summed E-state index contributed by atoms with van der Waals surface area (Å²) >= 11 is 0. The first-order chi connectivity index (χ1) is 19.6. The minimum absolute atomic E-state index is 0.0252. The average molecular weight is 557 g/mol. The maximum atomic E-state index is 13.7. The van der Waals surface area contributed by atoms with E-state index in [4.69, 9.17) is 20.2 Å². The molecule has 2 saturated carbocycles. The second-order valence-electron chi connectivity index (χ2n) is 12.1. The first-order valence-electron chi connectivity index (χ1n) is 14.2. The normalized spacial score (nSPS) is 21.4. The zero-order chi connectivity index (χ0) is 28.5. The van der Waals surface area contributed by atoms with Crippen molar-refractivity contribution in [3.63, 3.8) is 0 Å². The minimum atomic E-state index is -1.33. The van der Waals surface area contributed by atoms with Crippen LogP contribution in [0.1, 0.15) is 67.1 Å². The topological polar surface area (TPSA) is 112 Å². The Morgan fingerprint density at radius 3 is 2.68 bits per heavy atom. The summed E-state index contributed by atoms with van der Waals surface area (Å²) in [4.78, 5) is 18.5. The molecule has 3 heterocycles. The van der Waals surface area contributed by atoms with Crippen molar-refractivity contribution >= 4 is 16.7 Å². The zero-order valence-electron chi connectivity index (χ0n) is 23.2. The molecule has 2 aromatic heterocycles. The van der Waals surface area contributed by atoms with E-state index < -0.39 is 11.1 Å². The molecule has 2 atom stereocenters. The molecule has 0 unspecified atom stereocenters. The van der Waals surface area contributed by atoms with E-state index >= 15 is 0 Å². The van der Waals surface area contributed by atoms with Crippen molar-refractivity contribution in [1.29, 1.82) is 0 Å². The van der Waals surface area contributed by atoms with Gasteiger partial charge >= 0.3 is 0 Å². The third kappa shape index (κ3) is 4.77. The van der Waals surface area contributed by atoms with Crippen LogP contribution >= 0.6 is 0 Å². The van der Waals surface area contributed by atoms with Crippen molar-refractivity contribution in [2.75, 3.05) is 6.61 Å². The number of fused-ring (bicyclic) bond motifs is 2. The number of carbonyl (C=O) groups excluding carboxylic acids is 1. The van der Waals surface area contributed by atoms with E-state index in [1.165, 1.54) is 12.1 Å². The molecule has 2 aromatic carbocycles. The van der Waals surface area contributed by atoms with Crippen molar-refractivity contribution in [2.45, 2.75) is 62.7 Å². The Bertz CT molecular complexity index is 1670. The first kappa shape index (κ1) is 26.1. The fraction of sp³-hybridized carbons (Fsp3) is 0.406. The smallest absolute Gasteiger partial charge is 0.163 e. The van der Waals surface area contributed by atoms with Gasteiger partial charge in [-0.2, -0.15) is 5.10 Å². The number of ketones is 1. The van der Waals surface area contributed by atoms with Gasteiger partial charge < -0.3 is 20.3 Å². The van der Waals surface area contributed by atoms with Crippen molar-refractivity contribution in [3.05, 3.63) is 71.3 Å². The van der Waals surface area contributed by atoms with E-state index in [-0.39, 0.29) is 43.1 Å². The summed E-state index contributed by atoms with van der Waals surface area (Å²) in [5, 5.41) is 17.6. The molecule has 0 bridgehead atoms. The third-order valence-electron chi connectivity index (χ3n) is 8.48. The number of aliphatic hydroxyl groups is 1.